The number of hydrogen-bond donors (Lipinski definition) is 1. The van der Waals surface area contributed by atoms with Gasteiger partial charge in [0.15, 0.2) is 0 Å². The zero-order chi connectivity index (χ0) is 13.1. The Morgan fingerprint density at radius 1 is 1.33 bits per heavy atom. The van der Waals surface area contributed by atoms with Gasteiger partial charge in [-0.1, -0.05) is 6.07 Å². The van der Waals surface area contributed by atoms with E-state index in [4.69, 9.17) is 15.3 Å². The Bertz CT molecular complexity index is 495. The first-order valence-corrected chi connectivity index (χ1v) is 5.91. The van der Waals surface area contributed by atoms with E-state index >= 15 is 0 Å². The molecule has 1 fully saturated rings. The standard InChI is InChI=1S/C11H14N2O.NO3/c14-11-3-1-2-10-9-4-8(5-12-6-9)7-13(10)11;2-1(3)4/h1-3,8-9,12H,4-7H2;/q;-1/p+1. The van der Waals surface area contributed by atoms with E-state index < -0.39 is 5.09 Å². The van der Waals surface area contributed by atoms with Crippen LogP contribution in [-0.4, -0.2) is 22.7 Å². The van der Waals surface area contributed by atoms with Gasteiger partial charge in [0, 0.05) is 30.1 Å². The summed E-state index contributed by atoms with van der Waals surface area (Å²) >= 11 is 0. The summed E-state index contributed by atoms with van der Waals surface area (Å²) in [5.74, 6) is 1.32. The molecule has 1 aromatic heterocycles. The summed E-state index contributed by atoms with van der Waals surface area (Å²) in [6.07, 6.45) is 1.28. The monoisotopic (exact) mass is 253 g/mol. The predicted octanol–water partition coefficient (Wildman–Crippen LogP) is -0.710. The third kappa shape index (κ3) is 2.67. The molecular formula is C11H15N3O4. The number of hydrogen-bond acceptors (Lipinski definition) is 4. The lowest BCUT2D eigenvalue weighted by Crippen LogP contribution is -2.89. The van der Waals surface area contributed by atoms with Crippen LogP contribution in [0, 0.1) is 21.2 Å². The molecule has 98 valence electrons. The van der Waals surface area contributed by atoms with E-state index in [1.165, 1.54) is 18.7 Å². The smallest absolute Gasteiger partial charge is 0.250 e. The summed E-state index contributed by atoms with van der Waals surface area (Å²) in [6, 6.07) is 5.68. The van der Waals surface area contributed by atoms with Gasteiger partial charge in [0.2, 0.25) is 0 Å². The van der Waals surface area contributed by atoms with E-state index in [2.05, 4.69) is 11.4 Å². The fraction of sp³-hybridized carbons (Fsp3) is 0.545. The zero-order valence-corrected chi connectivity index (χ0v) is 9.82. The maximum Gasteiger partial charge on any atom is 0.250 e. The van der Waals surface area contributed by atoms with Gasteiger partial charge in [-0.2, -0.15) is 0 Å². The second-order valence-corrected chi connectivity index (χ2v) is 4.68. The highest BCUT2D eigenvalue weighted by Gasteiger charge is 2.32. The summed E-state index contributed by atoms with van der Waals surface area (Å²) in [4.78, 5) is 19.9. The molecule has 2 N–H and O–H groups in total. The van der Waals surface area contributed by atoms with Gasteiger partial charge < -0.3 is 25.2 Å². The lowest BCUT2D eigenvalue weighted by molar-refractivity contribution is -0.673. The Balaban J connectivity index is 0.000000267. The molecular weight excluding hydrogens is 238 g/mol. The Hall–Kier alpha value is -1.89. The van der Waals surface area contributed by atoms with Crippen molar-refractivity contribution in [1.29, 1.82) is 0 Å². The fourth-order valence-corrected chi connectivity index (χ4v) is 2.86. The Labute approximate surface area is 103 Å². The number of pyridine rings is 1. The quantitative estimate of drug-likeness (QED) is 0.487. The number of piperidine rings is 1. The van der Waals surface area contributed by atoms with Crippen molar-refractivity contribution < 1.29 is 10.4 Å². The number of aromatic nitrogens is 1. The van der Waals surface area contributed by atoms with Gasteiger partial charge in [-0.3, -0.25) is 4.79 Å². The summed E-state index contributed by atoms with van der Waals surface area (Å²) in [7, 11) is 0. The van der Waals surface area contributed by atoms with Gasteiger partial charge in [0.25, 0.3) is 5.56 Å². The van der Waals surface area contributed by atoms with Crippen LogP contribution < -0.4 is 10.9 Å². The van der Waals surface area contributed by atoms with Crippen LogP contribution in [0.2, 0.25) is 0 Å². The predicted molar refractivity (Wildman–Crippen MR) is 63.6 cm³/mol. The van der Waals surface area contributed by atoms with Crippen molar-refractivity contribution in [1.82, 2.24) is 4.57 Å². The molecule has 7 nitrogen and oxygen atoms in total. The molecule has 1 aromatic rings. The molecule has 0 aromatic carbocycles. The first-order valence-electron chi connectivity index (χ1n) is 5.91. The summed E-state index contributed by atoms with van der Waals surface area (Å²) in [6.45, 7) is 3.28. The molecule has 18 heavy (non-hydrogen) atoms. The van der Waals surface area contributed by atoms with Gasteiger partial charge in [0.1, 0.15) is 0 Å². The Kier molecular flexibility index (Phi) is 3.61. The van der Waals surface area contributed by atoms with Crippen LogP contribution in [0.15, 0.2) is 23.0 Å². The van der Waals surface area contributed by atoms with E-state index in [-0.39, 0.29) is 5.56 Å². The van der Waals surface area contributed by atoms with Gasteiger partial charge in [-0.15, -0.1) is 0 Å². The molecule has 0 radical (unpaired) electrons. The SMILES string of the molecule is O=[N+]([O-])[O-].O=c1cccc2n1CC1C[NH2+]CC2C1. The molecule has 0 spiro atoms. The molecule has 0 saturated carbocycles. The second-order valence-electron chi connectivity index (χ2n) is 4.68. The zero-order valence-electron chi connectivity index (χ0n) is 9.82. The molecule has 0 amide bonds. The minimum absolute atomic E-state index is 0.180. The molecule has 1 saturated heterocycles. The van der Waals surface area contributed by atoms with E-state index in [1.54, 1.807) is 6.07 Å². The molecule has 2 bridgehead atoms. The second kappa shape index (κ2) is 5.18. The molecule has 3 rings (SSSR count). The topological polar surface area (TPSA) is 105 Å². The average molecular weight is 253 g/mol. The number of nitrogens with zero attached hydrogens (tertiary/aromatic N) is 2. The molecule has 7 heteroatoms. The Morgan fingerprint density at radius 2 is 2.06 bits per heavy atom. The van der Waals surface area contributed by atoms with Gasteiger partial charge in [0.05, 0.1) is 18.2 Å². The molecule has 2 unspecified atom stereocenters. The van der Waals surface area contributed by atoms with Crippen LogP contribution in [0.3, 0.4) is 0 Å². The average Bonchev–Trinajstić information content (AvgIpc) is 2.30. The van der Waals surface area contributed by atoms with E-state index in [0.717, 1.165) is 13.1 Å². The number of rotatable bonds is 0. The normalized spacial score (nSPS) is 24.4. The molecule has 2 aliphatic rings. The first kappa shape index (κ1) is 12.6. The summed E-state index contributed by atoms with van der Waals surface area (Å²) in [5, 5.41) is 17.1. The van der Waals surface area contributed by atoms with Crippen LogP contribution in [0.5, 0.6) is 0 Å². The number of quaternary nitrogens is 1. The maximum absolute atomic E-state index is 11.6. The molecule has 2 aliphatic heterocycles. The van der Waals surface area contributed by atoms with E-state index in [0.29, 0.717) is 11.8 Å². The molecule has 0 aliphatic carbocycles. The van der Waals surface area contributed by atoms with Crippen molar-refractivity contribution >= 4 is 0 Å². The van der Waals surface area contributed by atoms with E-state index in [1.807, 2.05) is 10.6 Å². The molecule has 3 heterocycles. The summed E-state index contributed by atoms with van der Waals surface area (Å²) in [5.41, 5.74) is 1.43. The lowest BCUT2D eigenvalue weighted by atomic mass is 9.84. The van der Waals surface area contributed by atoms with Crippen LogP contribution >= 0.6 is 0 Å². The first-order chi connectivity index (χ1) is 8.58. The largest absolute Gasteiger partial charge is 0.356 e. The van der Waals surface area contributed by atoms with Crippen molar-refractivity contribution in [3.8, 4) is 0 Å². The van der Waals surface area contributed by atoms with Crippen LogP contribution in [0.1, 0.15) is 18.0 Å². The van der Waals surface area contributed by atoms with Gasteiger partial charge in [-0.05, 0) is 12.5 Å². The lowest BCUT2D eigenvalue weighted by Gasteiger charge is -2.35. The van der Waals surface area contributed by atoms with Crippen molar-refractivity contribution in [2.75, 3.05) is 13.1 Å². The number of nitrogens with two attached hydrogens (primary N) is 1. The minimum Gasteiger partial charge on any atom is -0.356 e. The fourth-order valence-electron chi connectivity index (χ4n) is 2.86. The van der Waals surface area contributed by atoms with Crippen LogP contribution in [0.4, 0.5) is 0 Å². The highest BCUT2D eigenvalue weighted by Crippen LogP contribution is 2.29. The number of fused-ring (bicyclic) bond motifs is 4. The minimum atomic E-state index is -1.75. The van der Waals surface area contributed by atoms with Gasteiger partial charge in [-0.25, -0.2) is 0 Å². The van der Waals surface area contributed by atoms with Crippen molar-refractivity contribution in [3.05, 3.63) is 49.6 Å². The highest BCUT2D eigenvalue weighted by atomic mass is 16.9. The third-order valence-electron chi connectivity index (χ3n) is 3.51. The van der Waals surface area contributed by atoms with E-state index in [9.17, 15) is 4.79 Å². The van der Waals surface area contributed by atoms with Crippen LogP contribution in [-0.2, 0) is 6.54 Å². The van der Waals surface area contributed by atoms with Crippen molar-refractivity contribution in [3.63, 3.8) is 0 Å². The van der Waals surface area contributed by atoms with Crippen molar-refractivity contribution in [2.24, 2.45) is 5.92 Å². The maximum atomic E-state index is 11.6. The van der Waals surface area contributed by atoms with Crippen LogP contribution in [0.25, 0.3) is 0 Å². The Morgan fingerprint density at radius 3 is 2.78 bits per heavy atom. The summed E-state index contributed by atoms with van der Waals surface area (Å²) < 4.78 is 1.98. The van der Waals surface area contributed by atoms with Gasteiger partial charge >= 0.3 is 0 Å². The molecule has 2 atom stereocenters. The third-order valence-corrected chi connectivity index (χ3v) is 3.51. The highest BCUT2D eigenvalue weighted by molar-refractivity contribution is 5.15. The van der Waals surface area contributed by atoms with Crippen molar-refractivity contribution in [2.45, 2.75) is 18.9 Å².